The predicted molar refractivity (Wildman–Crippen MR) is 205 cm³/mol. The maximum absolute atomic E-state index is 13.2. The molecular formula is C39H41ClN8O9. The normalized spacial score (nSPS) is 18.1. The molecular weight excluding hydrogens is 760 g/mol. The smallest absolute Gasteiger partial charge is 0.266 e. The molecule has 2 atom stereocenters. The molecule has 4 aromatic rings. The van der Waals surface area contributed by atoms with E-state index < -0.39 is 42.2 Å². The number of anilines is 1. The third kappa shape index (κ3) is 9.06. The van der Waals surface area contributed by atoms with E-state index in [1.807, 2.05) is 35.4 Å². The lowest BCUT2D eigenvalue weighted by Gasteiger charge is -2.33. The van der Waals surface area contributed by atoms with Crippen molar-refractivity contribution in [1.29, 1.82) is 0 Å². The first-order chi connectivity index (χ1) is 27.7. The molecule has 2 aromatic heterocycles. The number of benzene rings is 2. The second-order valence-electron chi connectivity index (χ2n) is 13.7. The van der Waals surface area contributed by atoms with Crippen molar-refractivity contribution in [2.24, 2.45) is 0 Å². The molecule has 2 fully saturated rings. The van der Waals surface area contributed by atoms with Gasteiger partial charge in [-0.2, -0.15) is 0 Å². The molecule has 17 nitrogen and oxygen atoms in total. The number of nitrogens with one attached hydrogen (secondary N) is 4. The van der Waals surface area contributed by atoms with Crippen LogP contribution in [-0.2, 0) is 28.7 Å². The third-order valence-electron chi connectivity index (χ3n) is 9.89. The quantitative estimate of drug-likeness (QED) is 0.0952. The Hall–Kier alpha value is -5.91. The number of para-hydroxylation sites is 1. The lowest BCUT2D eigenvalue weighted by Crippen LogP contribution is -2.54. The van der Waals surface area contributed by atoms with Crippen LogP contribution >= 0.6 is 11.6 Å². The number of likely N-dealkylation sites (tertiary alicyclic amines) is 1. The summed E-state index contributed by atoms with van der Waals surface area (Å²) in [5, 5.41) is 9.65. The van der Waals surface area contributed by atoms with E-state index in [0.29, 0.717) is 29.8 Å². The topological polar surface area (TPSA) is 214 Å². The molecule has 0 aliphatic carbocycles. The average molecular weight is 801 g/mol. The second-order valence-corrected chi connectivity index (χ2v) is 14.1. The standard InChI is InChI=1S/C39H41ClN8O9/c40-27-20-43-39(46-35(27)26-19-42-28-8-2-1-6-24(26)28)44-23-5-4-14-47(21-23)33(51)12-15-55-17-18-56-16-13-41-32(50)22-57-30-9-3-7-25-34(30)38(54)48(37(25)53)29-10-11-31(49)45-36(29)52/h1-3,6-9,19-20,23,29,42H,4-5,10-18,21-22H2,(H,41,50)(H,43,44,46)(H,45,49,52)/t23-,29?/m1/s1. The number of aromatic nitrogens is 3. The van der Waals surface area contributed by atoms with Crippen molar-refractivity contribution in [3.8, 4) is 17.0 Å². The van der Waals surface area contributed by atoms with Crippen LogP contribution in [0, 0.1) is 0 Å². The van der Waals surface area contributed by atoms with E-state index in [1.165, 1.54) is 18.2 Å². The van der Waals surface area contributed by atoms with E-state index in [-0.39, 0.29) is 81.1 Å². The van der Waals surface area contributed by atoms with Crippen molar-refractivity contribution in [2.75, 3.05) is 58.0 Å². The molecule has 0 saturated carbocycles. The Bertz CT molecular complexity index is 2200. The number of halogens is 1. The Balaban J connectivity index is 0.764. The van der Waals surface area contributed by atoms with E-state index in [0.717, 1.165) is 34.2 Å². The SMILES string of the molecule is O=C(COc1cccc2c1C(=O)N(C1CCC(=O)NC1=O)C2=O)NCCOCCOCCC(=O)N1CCC[C@@H](Nc2ncc(Cl)c(-c3c[nH]c4ccccc34)n2)C1. The minimum absolute atomic E-state index is 0.00306. The highest BCUT2D eigenvalue weighted by Crippen LogP contribution is 2.34. The summed E-state index contributed by atoms with van der Waals surface area (Å²) in [5.41, 5.74) is 2.51. The van der Waals surface area contributed by atoms with Gasteiger partial charge in [0.05, 0.1) is 60.9 Å². The van der Waals surface area contributed by atoms with Gasteiger partial charge in [0.2, 0.25) is 23.7 Å². The molecule has 4 N–H and O–H groups in total. The largest absolute Gasteiger partial charge is 0.483 e. The number of amides is 6. The van der Waals surface area contributed by atoms with Gasteiger partial charge in [0.1, 0.15) is 11.8 Å². The van der Waals surface area contributed by atoms with Gasteiger partial charge in [0.15, 0.2) is 6.61 Å². The molecule has 0 spiro atoms. The van der Waals surface area contributed by atoms with Crippen LogP contribution in [0.1, 0.15) is 52.8 Å². The molecule has 2 aromatic carbocycles. The fraction of sp³-hybridized carbons (Fsp3) is 0.385. The predicted octanol–water partition coefficient (Wildman–Crippen LogP) is 2.70. The van der Waals surface area contributed by atoms with Gasteiger partial charge in [0.25, 0.3) is 17.7 Å². The summed E-state index contributed by atoms with van der Waals surface area (Å²) in [6, 6.07) is 11.2. The van der Waals surface area contributed by atoms with E-state index >= 15 is 0 Å². The number of carbonyl (C=O) groups is 6. The lowest BCUT2D eigenvalue weighted by atomic mass is 10.0. The minimum Gasteiger partial charge on any atom is -0.483 e. The zero-order chi connectivity index (χ0) is 39.9. The van der Waals surface area contributed by atoms with Crippen molar-refractivity contribution in [2.45, 2.75) is 44.2 Å². The van der Waals surface area contributed by atoms with Crippen molar-refractivity contribution in [3.63, 3.8) is 0 Å². The van der Waals surface area contributed by atoms with Crippen LogP contribution in [0.4, 0.5) is 5.95 Å². The molecule has 298 valence electrons. The van der Waals surface area contributed by atoms with Gasteiger partial charge >= 0.3 is 0 Å². The molecule has 0 radical (unpaired) electrons. The number of ether oxygens (including phenoxy) is 3. The molecule has 57 heavy (non-hydrogen) atoms. The monoisotopic (exact) mass is 800 g/mol. The van der Waals surface area contributed by atoms with Crippen LogP contribution in [0.2, 0.25) is 5.02 Å². The summed E-state index contributed by atoms with van der Waals surface area (Å²) in [6.07, 6.45) is 5.43. The van der Waals surface area contributed by atoms with E-state index in [9.17, 15) is 28.8 Å². The van der Waals surface area contributed by atoms with Crippen LogP contribution in [0.25, 0.3) is 22.2 Å². The molecule has 5 heterocycles. The van der Waals surface area contributed by atoms with Crippen LogP contribution < -0.4 is 20.7 Å². The Morgan fingerprint density at radius 1 is 0.947 bits per heavy atom. The number of fused-ring (bicyclic) bond motifs is 2. The maximum Gasteiger partial charge on any atom is 0.266 e. The minimum atomic E-state index is -1.11. The summed E-state index contributed by atoms with van der Waals surface area (Å²) in [7, 11) is 0. The van der Waals surface area contributed by atoms with Crippen molar-refractivity contribution < 1.29 is 43.0 Å². The van der Waals surface area contributed by atoms with Gasteiger partial charge in [0, 0.05) is 54.8 Å². The maximum atomic E-state index is 13.2. The number of rotatable bonds is 16. The number of hydrogen-bond acceptors (Lipinski definition) is 12. The van der Waals surface area contributed by atoms with Crippen molar-refractivity contribution in [1.82, 2.24) is 35.4 Å². The Morgan fingerprint density at radius 3 is 2.61 bits per heavy atom. The molecule has 1 unspecified atom stereocenters. The first kappa shape index (κ1) is 39.3. The fourth-order valence-electron chi connectivity index (χ4n) is 7.10. The molecule has 6 amide bonds. The van der Waals surface area contributed by atoms with Crippen molar-refractivity contribution in [3.05, 3.63) is 71.0 Å². The Kier molecular flexibility index (Phi) is 12.4. The number of H-pyrrole nitrogens is 1. The molecule has 3 aliphatic rings. The highest BCUT2D eigenvalue weighted by atomic mass is 35.5. The summed E-state index contributed by atoms with van der Waals surface area (Å²) in [5.74, 6) is -2.58. The second kappa shape index (κ2) is 17.9. The van der Waals surface area contributed by atoms with Crippen LogP contribution in [0.5, 0.6) is 5.75 Å². The highest BCUT2D eigenvalue weighted by Gasteiger charge is 2.46. The Morgan fingerprint density at radius 2 is 1.77 bits per heavy atom. The molecule has 18 heteroatoms. The Labute approximate surface area is 331 Å². The number of imide groups is 2. The molecule has 3 aliphatic heterocycles. The average Bonchev–Trinajstić information content (AvgIpc) is 3.75. The summed E-state index contributed by atoms with van der Waals surface area (Å²) >= 11 is 6.49. The summed E-state index contributed by atoms with van der Waals surface area (Å²) in [6.45, 7) is 1.89. The number of carbonyl (C=O) groups excluding carboxylic acids is 6. The first-order valence-corrected chi connectivity index (χ1v) is 19.1. The van der Waals surface area contributed by atoms with Gasteiger partial charge in [-0.25, -0.2) is 9.97 Å². The zero-order valence-electron chi connectivity index (χ0n) is 30.9. The zero-order valence-corrected chi connectivity index (χ0v) is 31.6. The van der Waals surface area contributed by atoms with E-state index in [4.69, 9.17) is 30.8 Å². The highest BCUT2D eigenvalue weighted by molar-refractivity contribution is 6.33. The van der Waals surface area contributed by atoms with Gasteiger partial charge in [-0.05, 0) is 37.5 Å². The number of hydrogen-bond donors (Lipinski definition) is 4. The number of piperidine rings is 2. The van der Waals surface area contributed by atoms with Crippen LogP contribution in [-0.4, -0.2) is 125 Å². The third-order valence-corrected chi connectivity index (χ3v) is 10.2. The van der Waals surface area contributed by atoms with Gasteiger partial charge in [-0.3, -0.25) is 39.0 Å². The number of nitrogens with zero attached hydrogens (tertiary/aromatic N) is 4. The molecule has 0 bridgehead atoms. The molecule has 2 saturated heterocycles. The van der Waals surface area contributed by atoms with Gasteiger partial charge in [-0.15, -0.1) is 0 Å². The van der Waals surface area contributed by atoms with Crippen molar-refractivity contribution >= 4 is 63.9 Å². The summed E-state index contributed by atoms with van der Waals surface area (Å²) < 4.78 is 16.7. The van der Waals surface area contributed by atoms with Crippen LogP contribution in [0.3, 0.4) is 0 Å². The van der Waals surface area contributed by atoms with E-state index in [1.54, 1.807) is 6.20 Å². The van der Waals surface area contributed by atoms with Gasteiger partial charge in [-0.1, -0.05) is 35.9 Å². The number of aromatic amines is 1. The molecule has 7 rings (SSSR count). The first-order valence-electron chi connectivity index (χ1n) is 18.7. The van der Waals surface area contributed by atoms with Crippen LogP contribution in [0.15, 0.2) is 54.9 Å². The van der Waals surface area contributed by atoms with Gasteiger partial charge < -0.3 is 34.7 Å². The fourth-order valence-corrected chi connectivity index (χ4v) is 7.29. The summed E-state index contributed by atoms with van der Waals surface area (Å²) in [4.78, 5) is 90.5. The lowest BCUT2D eigenvalue weighted by molar-refractivity contribution is -0.136. The van der Waals surface area contributed by atoms with E-state index in [2.05, 4.69) is 25.9 Å².